The predicted molar refractivity (Wildman–Crippen MR) is 153 cm³/mol. The number of thioether (sulfide) groups is 1. The summed E-state index contributed by atoms with van der Waals surface area (Å²) in [6.07, 6.45) is 1.52. The summed E-state index contributed by atoms with van der Waals surface area (Å²) in [7, 11) is 1.43. The molecule has 188 valence electrons. The summed E-state index contributed by atoms with van der Waals surface area (Å²) >= 11 is 6.22. The maximum atomic E-state index is 12.8. The Hall–Kier alpha value is -3.16. The number of nitrogens with one attached hydrogen (secondary N) is 1. The Kier molecular flexibility index (Phi) is 8.67. The van der Waals surface area contributed by atoms with Crippen molar-refractivity contribution in [1.29, 1.82) is 0 Å². The normalized spacial score (nSPS) is 14.1. The van der Waals surface area contributed by atoms with Crippen LogP contribution in [0.1, 0.15) is 15.9 Å². The summed E-state index contributed by atoms with van der Waals surface area (Å²) in [5, 5.41) is 2.13. The maximum Gasteiger partial charge on any atom is 0.344 e. The lowest BCUT2D eigenvalue weighted by Crippen LogP contribution is -2.36. The molecule has 0 atom stereocenters. The van der Waals surface area contributed by atoms with Crippen molar-refractivity contribution in [2.45, 2.75) is 0 Å². The maximum absolute atomic E-state index is 12.8. The molecule has 1 saturated heterocycles. The molecular weight excluding hydrogens is 675 g/mol. The topological polar surface area (TPSA) is 102 Å². The number of hydrogen-bond donors (Lipinski definition) is 1. The molecule has 37 heavy (non-hydrogen) atoms. The van der Waals surface area contributed by atoms with Crippen molar-refractivity contribution in [2.24, 2.45) is 0 Å². The predicted octanol–water partition coefficient (Wildman–Crippen LogP) is 5.96. The van der Waals surface area contributed by atoms with Gasteiger partial charge in [-0.3, -0.25) is 19.3 Å². The molecule has 1 fully saturated rings. The number of methoxy groups -OCH3 is 1. The Morgan fingerprint density at radius 1 is 1.05 bits per heavy atom. The zero-order chi connectivity index (χ0) is 26.5. The van der Waals surface area contributed by atoms with Crippen LogP contribution in [0.15, 0.2) is 76.1 Å². The van der Waals surface area contributed by atoms with Gasteiger partial charge < -0.3 is 14.8 Å². The number of amides is 3. The van der Waals surface area contributed by atoms with Gasteiger partial charge in [0, 0.05) is 13.7 Å². The molecular formula is C26H18BrIN2O6S. The zero-order valence-electron chi connectivity index (χ0n) is 19.2. The number of imide groups is 1. The van der Waals surface area contributed by atoms with Crippen LogP contribution in [-0.4, -0.2) is 41.6 Å². The van der Waals surface area contributed by atoms with E-state index in [4.69, 9.17) is 9.47 Å². The third kappa shape index (κ3) is 6.59. The van der Waals surface area contributed by atoms with Crippen LogP contribution in [-0.2, 0) is 9.59 Å². The Morgan fingerprint density at radius 2 is 1.78 bits per heavy atom. The molecule has 3 amide bonds. The van der Waals surface area contributed by atoms with Gasteiger partial charge in [0.05, 0.1) is 17.6 Å². The molecule has 8 nitrogen and oxygen atoms in total. The number of nitrogens with zero attached hydrogens (tertiary/aromatic N) is 1. The van der Waals surface area contributed by atoms with E-state index in [0.29, 0.717) is 21.3 Å². The Labute approximate surface area is 238 Å². The van der Waals surface area contributed by atoms with Crippen molar-refractivity contribution in [3.05, 3.63) is 90.8 Å². The number of hydrogen-bond acceptors (Lipinski definition) is 7. The number of halogens is 2. The minimum Gasteiger partial charge on any atom is -0.493 e. The molecule has 1 aliphatic rings. The molecule has 3 aromatic rings. The second kappa shape index (κ2) is 11.9. The van der Waals surface area contributed by atoms with Crippen LogP contribution in [0.2, 0.25) is 0 Å². The molecule has 0 bridgehead atoms. The van der Waals surface area contributed by atoms with Crippen LogP contribution >= 0.6 is 50.3 Å². The summed E-state index contributed by atoms with van der Waals surface area (Å²) in [5.41, 5.74) is 1.47. The van der Waals surface area contributed by atoms with E-state index in [1.165, 1.54) is 19.3 Å². The summed E-state index contributed by atoms with van der Waals surface area (Å²) in [6.45, 7) is -0.402. The summed E-state index contributed by atoms with van der Waals surface area (Å²) < 4.78 is 12.5. The molecule has 0 unspecified atom stereocenters. The monoisotopic (exact) mass is 692 g/mol. The molecule has 0 aliphatic carbocycles. The summed E-state index contributed by atoms with van der Waals surface area (Å²) in [4.78, 5) is 51.3. The number of esters is 1. The van der Waals surface area contributed by atoms with Crippen LogP contribution < -0.4 is 14.8 Å². The Balaban J connectivity index is 1.46. The molecule has 1 heterocycles. The van der Waals surface area contributed by atoms with Gasteiger partial charge in [-0.25, -0.2) is 4.79 Å². The molecule has 0 spiro atoms. The largest absolute Gasteiger partial charge is 0.493 e. The third-order valence-electron chi connectivity index (χ3n) is 5.09. The van der Waals surface area contributed by atoms with Crippen LogP contribution in [0.3, 0.4) is 0 Å². The number of anilines is 1. The van der Waals surface area contributed by atoms with E-state index in [9.17, 15) is 19.2 Å². The second-order valence-electron chi connectivity index (χ2n) is 7.60. The van der Waals surface area contributed by atoms with Gasteiger partial charge in [0.25, 0.3) is 11.1 Å². The Bertz CT molecular complexity index is 1430. The first-order valence-electron chi connectivity index (χ1n) is 10.7. The van der Waals surface area contributed by atoms with Gasteiger partial charge in [-0.05, 0) is 110 Å². The smallest absolute Gasteiger partial charge is 0.344 e. The van der Waals surface area contributed by atoms with Gasteiger partial charge in [0.15, 0.2) is 11.5 Å². The fourth-order valence-corrected chi connectivity index (χ4v) is 4.95. The number of benzene rings is 3. The summed E-state index contributed by atoms with van der Waals surface area (Å²) in [5.74, 6) is -1.16. The van der Waals surface area contributed by atoms with E-state index in [2.05, 4.69) is 43.8 Å². The lowest BCUT2D eigenvalue weighted by Gasteiger charge is -2.12. The molecule has 1 aliphatic heterocycles. The highest BCUT2D eigenvalue weighted by Crippen LogP contribution is 2.35. The van der Waals surface area contributed by atoms with Gasteiger partial charge in [0.1, 0.15) is 6.54 Å². The van der Waals surface area contributed by atoms with E-state index in [1.807, 2.05) is 12.1 Å². The van der Waals surface area contributed by atoms with Crippen LogP contribution in [0.25, 0.3) is 6.08 Å². The van der Waals surface area contributed by atoms with Crippen molar-refractivity contribution in [1.82, 2.24) is 4.90 Å². The Morgan fingerprint density at radius 3 is 2.49 bits per heavy atom. The number of rotatable bonds is 7. The first-order valence-corrected chi connectivity index (χ1v) is 13.4. The molecule has 0 saturated carbocycles. The molecule has 1 N–H and O–H groups in total. The molecule has 11 heteroatoms. The van der Waals surface area contributed by atoms with Crippen LogP contribution in [0.4, 0.5) is 10.5 Å². The molecule has 0 radical (unpaired) electrons. The van der Waals surface area contributed by atoms with Crippen molar-refractivity contribution in [3.63, 3.8) is 0 Å². The fraction of sp³-hybridized carbons (Fsp3) is 0.0769. The zero-order valence-corrected chi connectivity index (χ0v) is 23.8. The third-order valence-corrected chi connectivity index (χ3v) is 7.40. The second-order valence-corrected chi connectivity index (χ2v) is 10.7. The molecule has 0 aromatic heterocycles. The van der Waals surface area contributed by atoms with Gasteiger partial charge in [-0.2, -0.15) is 0 Å². The van der Waals surface area contributed by atoms with Gasteiger partial charge in [-0.15, -0.1) is 0 Å². The SMILES string of the molecule is COc1cc(/C=C2\SC(=O)N(CC(=O)Nc3ccc(I)cc3)C2=O)ccc1OC(=O)c1ccccc1Br. The highest BCUT2D eigenvalue weighted by Gasteiger charge is 2.36. The van der Waals surface area contributed by atoms with Gasteiger partial charge >= 0.3 is 5.97 Å². The standard InChI is InChI=1S/C26H18BrIN2O6S/c1-35-21-12-15(6-11-20(21)36-25(33)18-4-2-3-5-19(18)27)13-22-24(32)30(26(34)37-22)14-23(31)29-17-9-7-16(28)8-10-17/h2-13H,14H2,1H3,(H,29,31)/b22-13-. The highest BCUT2D eigenvalue weighted by atomic mass is 127. The van der Waals surface area contributed by atoms with Crippen LogP contribution in [0.5, 0.6) is 11.5 Å². The van der Waals surface area contributed by atoms with E-state index < -0.39 is 29.6 Å². The fourth-order valence-electron chi connectivity index (χ4n) is 3.30. The van der Waals surface area contributed by atoms with Crippen molar-refractivity contribution < 1.29 is 28.7 Å². The van der Waals surface area contributed by atoms with Crippen molar-refractivity contribution in [2.75, 3.05) is 19.0 Å². The van der Waals surface area contributed by atoms with Crippen molar-refractivity contribution >= 4 is 85.1 Å². The van der Waals surface area contributed by atoms with E-state index in [0.717, 1.165) is 20.2 Å². The van der Waals surface area contributed by atoms with E-state index in [1.54, 1.807) is 48.5 Å². The quantitative estimate of drug-likeness (QED) is 0.141. The van der Waals surface area contributed by atoms with Gasteiger partial charge in [0.2, 0.25) is 5.91 Å². The number of carbonyl (C=O) groups is 4. The molecule has 4 rings (SSSR count). The van der Waals surface area contributed by atoms with Crippen molar-refractivity contribution in [3.8, 4) is 11.5 Å². The minimum absolute atomic E-state index is 0.159. The van der Waals surface area contributed by atoms with E-state index in [-0.39, 0.29) is 16.4 Å². The average molecular weight is 693 g/mol. The average Bonchev–Trinajstić information content (AvgIpc) is 3.13. The molecule has 3 aromatic carbocycles. The number of carbonyl (C=O) groups excluding carboxylic acids is 4. The number of ether oxygens (including phenoxy) is 2. The van der Waals surface area contributed by atoms with E-state index >= 15 is 0 Å². The highest BCUT2D eigenvalue weighted by molar-refractivity contribution is 14.1. The van der Waals surface area contributed by atoms with Crippen LogP contribution in [0, 0.1) is 3.57 Å². The first-order chi connectivity index (χ1) is 17.7. The van der Waals surface area contributed by atoms with Gasteiger partial charge in [-0.1, -0.05) is 18.2 Å². The minimum atomic E-state index is -0.573. The lowest BCUT2D eigenvalue weighted by molar-refractivity contribution is -0.127. The summed E-state index contributed by atoms with van der Waals surface area (Å²) in [6, 6.07) is 18.8. The first kappa shape index (κ1) is 26.9. The lowest BCUT2D eigenvalue weighted by atomic mass is 10.1.